The van der Waals surface area contributed by atoms with E-state index in [1.54, 1.807) is 30.3 Å². The van der Waals surface area contributed by atoms with Crippen LogP contribution >= 0.6 is 0 Å². The van der Waals surface area contributed by atoms with Crippen LogP contribution in [-0.4, -0.2) is 31.9 Å². The zero-order valence-electron chi connectivity index (χ0n) is 13.1. The van der Waals surface area contributed by atoms with Crippen LogP contribution in [0.1, 0.15) is 6.42 Å². The fourth-order valence-corrected chi connectivity index (χ4v) is 3.71. The van der Waals surface area contributed by atoms with Crippen LogP contribution in [0.3, 0.4) is 0 Å². The number of amides is 1. The van der Waals surface area contributed by atoms with E-state index in [1.807, 2.05) is 0 Å². The van der Waals surface area contributed by atoms with Gasteiger partial charge in [-0.1, -0.05) is 18.2 Å². The number of carboxylic acid groups (broad SMARTS) is 1. The topological polar surface area (TPSA) is 104 Å². The molecule has 2 aromatic carbocycles. The molecule has 2 N–H and O–H groups in total. The predicted molar refractivity (Wildman–Crippen MR) is 91.8 cm³/mol. The van der Waals surface area contributed by atoms with Crippen molar-refractivity contribution in [3.05, 3.63) is 54.6 Å². The van der Waals surface area contributed by atoms with Gasteiger partial charge in [0, 0.05) is 24.3 Å². The number of hydrogen-bond donors (Lipinski definition) is 2. The summed E-state index contributed by atoms with van der Waals surface area (Å²) < 4.78 is 27.2. The Morgan fingerprint density at radius 2 is 1.72 bits per heavy atom. The average molecular weight is 360 g/mol. The summed E-state index contributed by atoms with van der Waals surface area (Å²) in [5.41, 5.74) is 0.929. The van der Waals surface area contributed by atoms with Crippen LogP contribution in [0.5, 0.6) is 0 Å². The van der Waals surface area contributed by atoms with Gasteiger partial charge in [0.05, 0.1) is 10.8 Å². The molecule has 1 fully saturated rings. The molecule has 7 nitrogen and oxygen atoms in total. The van der Waals surface area contributed by atoms with E-state index in [1.165, 1.54) is 29.2 Å². The molecular weight excluding hydrogens is 344 g/mol. The van der Waals surface area contributed by atoms with E-state index in [9.17, 15) is 18.0 Å². The lowest BCUT2D eigenvalue weighted by Crippen LogP contribution is -2.25. The summed E-state index contributed by atoms with van der Waals surface area (Å²) in [6, 6.07) is 14.3. The lowest BCUT2D eigenvalue weighted by atomic mass is 10.1. The summed E-state index contributed by atoms with van der Waals surface area (Å²) in [7, 11) is -3.74. The number of aliphatic carboxylic acids is 1. The van der Waals surface area contributed by atoms with Crippen molar-refractivity contribution in [3.63, 3.8) is 0 Å². The number of carbonyl (C=O) groups is 2. The number of nitrogens with zero attached hydrogens (tertiary/aromatic N) is 1. The van der Waals surface area contributed by atoms with Gasteiger partial charge in [0.15, 0.2) is 0 Å². The smallest absolute Gasteiger partial charge is 0.308 e. The molecule has 1 atom stereocenters. The van der Waals surface area contributed by atoms with Crippen LogP contribution in [0, 0.1) is 5.92 Å². The molecule has 1 heterocycles. The van der Waals surface area contributed by atoms with Gasteiger partial charge in [-0.3, -0.25) is 14.3 Å². The third-order valence-corrected chi connectivity index (χ3v) is 5.36. The summed E-state index contributed by atoms with van der Waals surface area (Å²) in [4.78, 5) is 24.4. The first kappa shape index (κ1) is 17.0. The number of carbonyl (C=O) groups excluding carboxylic acids is 1. The van der Waals surface area contributed by atoms with E-state index < -0.39 is 21.9 Å². The number of rotatable bonds is 5. The van der Waals surface area contributed by atoms with Crippen molar-refractivity contribution in [2.45, 2.75) is 11.3 Å². The molecule has 25 heavy (non-hydrogen) atoms. The first-order valence-electron chi connectivity index (χ1n) is 7.58. The highest BCUT2D eigenvalue weighted by Gasteiger charge is 2.35. The predicted octanol–water partition coefficient (Wildman–Crippen LogP) is 1.92. The van der Waals surface area contributed by atoms with Crippen LogP contribution in [0.2, 0.25) is 0 Å². The van der Waals surface area contributed by atoms with Crippen LogP contribution in [-0.2, 0) is 19.6 Å². The number of sulfonamides is 1. The highest BCUT2D eigenvalue weighted by atomic mass is 32.2. The van der Waals surface area contributed by atoms with Gasteiger partial charge in [-0.15, -0.1) is 0 Å². The van der Waals surface area contributed by atoms with Crippen molar-refractivity contribution < 1.29 is 23.1 Å². The van der Waals surface area contributed by atoms with Gasteiger partial charge in [0.25, 0.3) is 10.0 Å². The number of anilines is 2. The average Bonchev–Trinajstić information content (AvgIpc) is 2.98. The number of carboxylic acids is 1. The molecule has 0 bridgehead atoms. The molecule has 2 aromatic rings. The fraction of sp³-hybridized carbons (Fsp3) is 0.176. The Morgan fingerprint density at radius 1 is 1.08 bits per heavy atom. The first-order chi connectivity index (χ1) is 11.9. The molecule has 0 radical (unpaired) electrons. The molecule has 0 aromatic heterocycles. The lowest BCUT2D eigenvalue weighted by Gasteiger charge is -2.16. The number of hydrogen-bond acceptors (Lipinski definition) is 4. The van der Waals surface area contributed by atoms with Crippen molar-refractivity contribution >= 4 is 33.3 Å². The van der Waals surface area contributed by atoms with E-state index >= 15 is 0 Å². The fourth-order valence-electron chi connectivity index (χ4n) is 2.65. The third-order valence-electron chi connectivity index (χ3n) is 3.96. The monoisotopic (exact) mass is 360 g/mol. The Hall–Kier alpha value is -2.87. The Morgan fingerprint density at radius 3 is 2.28 bits per heavy atom. The molecule has 130 valence electrons. The minimum Gasteiger partial charge on any atom is -0.481 e. The molecular formula is C17H16N2O5S. The van der Waals surface area contributed by atoms with Gasteiger partial charge in [0.1, 0.15) is 0 Å². The van der Waals surface area contributed by atoms with Crippen LogP contribution in [0.25, 0.3) is 0 Å². The molecule has 8 heteroatoms. The number of benzene rings is 2. The quantitative estimate of drug-likeness (QED) is 0.848. The summed E-state index contributed by atoms with van der Waals surface area (Å²) in [5.74, 6) is -2.04. The summed E-state index contributed by atoms with van der Waals surface area (Å²) >= 11 is 0. The highest BCUT2D eigenvalue weighted by Crippen LogP contribution is 2.26. The van der Waals surface area contributed by atoms with E-state index in [0.29, 0.717) is 11.4 Å². The lowest BCUT2D eigenvalue weighted by molar-refractivity contribution is -0.141. The van der Waals surface area contributed by atoms with Crippen molar-refractivity contribution in [3.8, 4) is 0 Å². The second-order valence-electron chi connectivity index (χ2n) is 5.71. The highest BCUT2D eigenvalue weighted by molar-refractivity contribution is 7.92. The molecule has 1 amide bonds. The minimum atomic E-state index is -3.74. The molecule has 1 aliphatic heterocycles. The largest absolute Gasteiger partial charge is 0.481 e. The third kappa shape index (κ3) is 3.63. The summed E-state index contributed by atoms with van der Waals surface area (Å²) in [6.07, 6.45) is -0.0506. The number of nitrogens with one attached hydrogen (secondary N) is 1. The first-order valence-corrected chi connectivity index (χ1v) is 9.06. The van der Waals surface area contributed by atoms with E-state index in [2.05, 4.69) is 4.72 Å². The molecule has 3 rings (SSSR count). The normalized spacial score (nSPS) is 17.5. The maximum atomic E-state index is 12.4. The zero-order valence-corrected chi connectivity index (χ0v) is 13.9. The summed E-state index contributed by atoms with van der Waals surface area (Å²) in [5, 5.41) is 9.02. The minimum absolute atomic E-state index is 0.0506. The zero-order chi connectivity index (χ0) is 18.0. The van der Waals surface area contributed by atoms with Crippen molar-refractivity contribution in [1.82, 2.24) is 0 Å². The Kier molecular flexibility index (Phi) is 4.45. The van der Waals surface area contributed by atoms with E-state index in [4.69, 9.17) is 5.11 Å². The van der Waals surface area contributed by atoms with E-state index in [-0.39, 0.29) is 23.8 Å². The van der Waals surface area contributed by atoms with E-state index in [0.717, 1.165) is 0 Å². The number of para-hydroxylation sites is 1. The Bertz CT molecular complexity index is 894. The van der Waals surface area contributed by atoms with Gasteiger partial charge >= 0.3 is 5.97 Å². The van der Waals surface area contributed by atoms with Gasteiger partial charge < -0.3 is 10.0 Å². The van der Waals surface area contributed by atoms with Crippen LogP contribution in [0.15, 0.2) is 59.5 Å². The van der Waals surface area contributed by atoms with Gasteiger partial charge in [-0.05, 0) is 36.4 Å². The maximum absolute atomic E-state index is 12.4. The van der Waals surface area contributed by atoms with Gasteiger partial charge in [-0.2, -0.15) is 0 Å². The summed E-state index contributed by atoms with van der Waals surface area (Å²) in [6.45, 7) is 0.0858. The molecule has 0 spiro atoms. The molecule has 0 unspecified atom stereocenters. The van der Waals surface area contributed by atoms with Crippen molar-refractivity contribution in [1.29, 1.82) is 0 Å². The SMILES string of the molecule is O=C(O)[C@@H]1CC(=O)N(c2ccc(S(=O)(=O)Nc3ccccc3)cc2)C1. The molecule has 0 aliphatic carbocycles. The van der Waals surface area contributed by atoms with Gasteiger partial charge in [-0.25, -0.2) is 8.42 Å². The van der Waals surface area contributed by atoms with Crippen molar-refractivity contribution in [2.24, 2.45) is 5.92 Å². The molecule has 1 aliphatic rings. The second-order valence-corrected chi connectivity index (χ2v) is 7.39. The Labute approximate surface area is 144 Å². The molecule has 1 saturated heterocycles. The second kappa shape index (κ2) is 6.56. The Balaban J connectivity index is 1.78. The van der Waals surface area contributed by atoms with Crippen molar-refractivity contribution in [2.75, 3.05) is 16.2 Å². The standard InChI is InChI=1S/C17H16N2O5S/c20-16-10-12(17(21)22)11-19(16)14-6-8-15(9-7-14)25(23,24)18-13-4-2-1-3-5-13/h1-9,12,18H,10-11H2,(H,21,22)/t12-/m1/s1. The van der Waals surface area contributed by atoms with Gasteiger partial charge in [0.2, 0.25) is 5.91 Å². The molecule has 0 saturated carbocycles. The van der Waals surface area contributed by atoms with Crippen LogP contribution in [0.4, 0.5) is 11.4 Å². The van der Waals surface area contributed by atoms with Crippen LogP contribution < -0.4 is 9.62 Å². The maximum Gasteiger partial charge on any atom is 0.308 e.